The van der Waals surface area contributed by atoms with Crippen molar-refractivity contribution in [2.45, 2.75) is 135 Å². The Balaban J connectivity index is 4.39. The Morgan fingerprint density at radius 2 is 1.16 bits per heavy atom. The number of phosphoric ester groups is 1. The number of esters is 1. The lowest BCUT2D eigenvalue weighted by Gasteiger charge is -2.20. The summed E-state index contributed by atoms with van der Waals surface area (Å²) in [6.45, 7) is 3.21. The van der Waals surface area contributed by atoms with Crippen molar-refractivity contribution in [3.63, 3.8) is 0 Å². The number of hydrogen-bond acceptors (Lipinski definition) is 8. The van der Waals surface area contributed by atoms with E-state index in [1.54, 1.807) is 0 Å². The topological polar surface area (TPSA) is 132 Å². The first kappa shape index (κ1) is 46.9. The van der Waals surface area contributed by atoms with E-state index in [2.05, 4.69) is 80.7 Å². The smallest absolute Gasteiger partial charge is 0.457 e. The first-order chi connectivity index (χ1) is 23.8. The van der Waals surface area contributed by atoms with Crippen LogP contribution in [0.15, 0.2) is 72.9 Å². The lowest BCUT2D eigenvalue weighted by Crippen LogP contribution is -2.29. The number of unbranched alkanes of at least 4 members (excludes halogenated alkanes) is 8. The number of carbonyl (C=O) groups excluding carboxylic acids is 1. The molecule has 0 spiro atoms. The molecule has 0 saturated carbocycles. The van der Waals surface area contributed by atoms with E-state index in [-0.39, 0.29) is 13.0 Å². The van der Waals surface area contributed by atoms with Gasteiger partial charge >= 0.3 is 13.8 Å². The van der Waals surface area contributed by atoms with E-state index in [1.807, 2.05) is 6.08 Å². The van der Waals surface area contributed by atoms with E-state index in [0.29, 0.717) is 13.0 Å². The molecule has 9 nitrogen and oxygen atoms in total. The molecule has 282 valence electrons. The number of aliphatic hydroxyl groups is 2. The SMILES string of the molecule is CC/C=C\C/C=C\C/C=C\C/C=C\C/C=C\CCCC(=O)OC(COCCCCCCCC/C=C\CCC)COP(=O)(O)OCC(O)CO. The first-order valence-corrected chi connectivity index (χ1v) is 19.9. The largest absolute Gasteiger partial charge is 0.472 e. The molecule has 3 N–H and O–H groups in total. The minimum Gasteiger partial charge on any atom is -0.457 e. The summed E-state index contributed by atoms with van der Waals surface area (Å²) in [4.78, 5) is 22.4. The highest BCUT2D eigenvalue weighted by molar-refractivity contribution is 7.47. The van der Waals surface area contributed by atoms with Crippen LogP contribution in [0.25, 0.3) is 0 Å². The van der Waals surface area contributed by atoms with Gasteiger partial charge in [-0.15, -0.1) is 0 Å². The van der Waals surface area contributed by atoms with E-state index < -0.39 is 45.8 Å². The van der Waals surface area contributed by atoms with E-state index in [0.717, 1.165) is 70.6 Å². The van der Waals surface area contributed by atoms with Crippen molar-refractivity contribution in [2.24, 2.45) is 0 Å². The number of phosphoric acid groups is 1. The fourth-order valence-electron chi connectivity index (χ4n) is 4.33. The molecule has 0 aliphatic carbocycles. The van der Waals surface area contributed by atoms with Gasteiger partial charge in [-0.1, -0.05) is 119 Å². The van der Waals surface area contributed by atoms with E-state index in [9.17, 15) is 19.4 Å². The third kappa shape index (κ3) is 35.5. The van der Waals surface area contributed by atoms with Gasteiger partial charge in [-0.25, -0.2) is 4.57 Å². The van der Waals surface area contributed by atoms with Crippen molar-refractivity contribution in [1.29, 1.82) is 0 Å². The number of aliphatic hydroxyl groups excluding tert-OH is 2. The highest BCUT2D eigenvalue weighted by Crippen LogP contribution is 2.43. The minimum atomic E-state index is -4.53. The van der Waals surface area contributed by atoms with Crippen LogP contribution in [0.1, 0.15) is 123 Å². The molecule has 0 rings (SSSR count). The second-order valence-electron chi connectivity index (χ2n) is 11.9. The molecule has 0 aromatic rings. The molecule has 3 unspecified atom stereocenters. The van der Waals surface area contributed by atoms with Gasteiger partial charge in [-0.05, 0) is 70.6 Å². The molecule has 0 fully saturated rings. The van der Waals surface area contributed by atoms with Crippen LogP contribution in [0, 0.1) is 0 Å². The second kappa shape index (κ2) is 35.7. The number of rotatable bonds is 34. The number of ether oxygens (including phenoxy) is 2. The predicted molar refractivity (Wildman–Crippen MR) is 200 cm³/mol. The van der Waals surface area contributed by atoms with Crippen LogP contribution in [0.5, 0.6) is 0 Å². The molecule has 3 atom stereocenters. The molecular weight excluding hydrogens is 643 g/mol. The summed E-state index contributed by atoms with van der Waals surface area (Å²) >= 11 is 0. The van der Waals surface area contributed by atoms with Gasteiger partial charge in [-0.3, -0.25) is 13.8 Å². The molecule has 0 aromatic heterocycles. The molecule has 0 amide bonds. The first-order valence-electron chi connectivity index (χ1n) is 18.4. The Labute approximate surface area is 297 Å². The van der Waals surface area contributed by atoms with E-state index in [1.165, 1.54) is 25.7 Å². The molecule has 0 radical (unpaired) electrons. The van der Waals surface area contributed by atoms with Gasteiger partial charge in [-0.2, -0.15) is 0 Å². The minimum absolute atomic E-state index is 0.0177. The number of hydrogen-bond donors (Lipinski definition) is 3. The molecule has 0 heterocycles. The zero-order chi connectivity index (χ0) is 36.1. The van der Waals surface area contributed by atoms with Crippen LogP contribution < -0.4 is 0 Å². The van der Waals surface area contributed by atoms with Crippen molar-refractivity contribution in [3.05, 3.63) is 72.9 Å². The quantitative estimate of drug-likeness (QED) is 0.0259. The maximum Gasteiger partial charge on any atom is 0.472 e. The van der Waals surface area contributed by atoms with Crippen molar-refractivity contribution in [2.75, 3.05) is 33.0 Å². The molecule has 0 saturated heterocycles. The third-order valence-corrected chi connectivity index (χ3v) is 8.06. The number of carbonyl (C=O) groups is 1. The highest BCUT2D eigenvalue weighted by atomic mass is 31.2. The van der Waals surface area contributed by atoms with E-state index in [4.69, 9.17) is 23.6 Å². The summed E-state index contributed by atoms with van der Waals surface area (Å²) in [5.74, 6) is -0.446. The Morgan fingerprint density at radius 3 is 1.78 bits per heavy atom. The van der Waals surface area contributed by atoms with Gasteiger partial charge in [0.25, 0.3) is 0 Å². The highest BCUT2D eigenvalue weighted by Gasteiger charge is 2.26. The van der Waals surface area contributed by atoms with Crippen molar-refractivity contribution < 1.29 is 43.0 Å². The van der Waals surface area contributed by atoms with Crippen LogP contribution in [0.2, 0.25) is 0 Å². The molecule has 0 bridgehead atoms. The molecule has 49 heavy (non-hydrogen) atoms. The molecule has 0 aliphatic heterocycles. The summed E-state index contributed by atoms with van der Waals surface area (Å²) in [6, 6.07) is 0. The van der Waals surface area contributed by atoms with Gasteiger partial charge in [0.05, 0.1) is 26.4 Å². The Morgan fingerprint density at radius 1 is 0.653 bits per heavy atom. The van der Waals surface area contributed by atoms with Gasteiger partial charge in [0, 0.05) is 13.0 Å². The Kier molecular flexibility index (Phi) is 34.2. The maximum absolute atomic E-state index is 12.5. The summed E-state index contributed by atoms with van der Waals surface area (Å²) < 4.78 is 33.1. The Bertz CT molecular complexity index is 987. The second-order valence-corrected chi connectivity index (χ2v) is 13.3. The standard InChI is InChI=1S/C39H67O9P/c1-3-5-7-9-11-13-15-16-17-18-19-20-21-23-25-27-29-31-39(42)48-38(36-47-49(43,44)46-34-37(41)33-40)35-45-32-30-28-26-24-22-14-12-10-8-6-4-2/h5,7-8,10-11,13,16-17,19-20,23,25,37-38,40-41H,3-4,6,9,12,14-15,18,21-22,24,26-36H2,1-2H3,(H,43,44)/b7-5-,10-8-,13-11-,17-16-,20-19-,25-23-. The van der Waals surface area contributed by atoms with E-state index >= 15 is 0 Å². The lowest BCUT2D eigenvalue weighted by atomic mass is 10.1. The normalized spacial score (nSPS) is 15.1. The average molecular weight is 711 g/mol. The fourth-order valence-corrected chi connectivity index (χ4v) is 5.12. The van der Waals surface area contributed by atoms with Crippen LogP contribution in [0.3, 0.4) is 0 Å². The van der Waals surface area contributed by atoms with Gasteiger partial charge in [0.1, 0.15) is 12.2 Å². The maximum atomic E-state index is 12.5. The Hall–Kier alpha value is -2.10. The monoisotopic (exact) mass is 710 g/mol. The van der Waals surface area contributed by atoms with Gasteiger partial charge in [0.15, 0.2) is 0 Å². The predicted octanol–water partition coefficient (Wildman–Crippen LogP) is 9.41. The van der Waals surface area contributed by atoms with Crippen molar-refractivity contribution in [1.82, 2.24) is 0 Å². The van der Waals surface area contributed by atoms with Crippen LogP contribution in [-0.4, -0.2) is 66.3 Å². The number of allylic oxidation sites excluding steroid dienone is 12. The van der Waals surface area contributed by atoms with Gasteiger partial charge < -0.3 is 24.6 Å². The fraction of sp³-hybridized carbons (Fsp3) is 0.667. The van der Waals surface area contributed by atoms with Crippen LogP contribution >= 0.6 is 7.82 Å². The molecule has 10 heteroatoms. The summed E-state index contributed by atoms with van der Waals surface area (Å²) in [6.07, 6.45) is 40.1. The summed E-state index contributed by atoms with van der Waals surface area (Å²) in [7, 11) is -4.53. The lowest BCUT2D eigenvalue weighted by molar-refractivity contribution is -0.154. The summed E-state index contributed by atoms with van der Waals surface area (Å²) in [5, 5.41) is 18.3. The van der Waals surface area contributed by atoms with Crippen molar-refractivity contribution in [3.8, 4) is 0 Å². The van der Waals surface area contributed by atoms with Crippen LogP contribution in [-0.2, 0) is 27.9 Å². The van der Waals surface area contributed by atoms with Crippen molar-refractivity contribution >= 4 is 13.8 Å². The molecular formula is C39H67O9P. The van der Waals surface area contributed by atoms with Gasteiger partial charge in [0.2, 0.25) is 0 Å². The zero-order valence-corrected chi connectivity index (χ0v) is 31.3. The zero-order valence-electron chi connectivity index (χ0n) is 30.4. The third-order valence-electron chi connectivity index (χ3n) is 7.11. The van der Waals surface area contributed by atoms with Crippen LogP contribution in [0.4, 0.5) is 0 Å². The molecule has 0 aliphatic rings. The average Bonchev–Trinajstić information content (AvgIpc) is 3.09. The molecule has 0 aromatic carbocycles. The summed E-state index contributed by atoms with van der Waals surface area (Å²) in [5.41, 5.74) is 0.